The highest BCUT2D eigenvalue weighted by atomic mass is 16.5. The molecule has 1 aromatic heterocycles. The molecule has 0 saturated carbocycles. The molecule has 1 amide bonds. The minimum atomic E-state index is -0.266. The van der Waals surface area contributed by atoms with Crippen molar-refractivity contribution in [2.45, 2.75) is 45.4 Å². The summed E-state index contributed by atoms with van der Waals surface area (Å²) in [4.78, 5) is 12.5. The summed E-state index contributed by atoms with van der Waals surface area (Å²) in [7, 11) is 1.57. The predicted molar refractivity (Wildman–Crippen MR) is 120 cm³/mol. The van der Waals surface area contributed by atoms with Crippen molar-refractivity contribution in [2.24, 2.45) is 0 Å². The molecule has 162 valence electrons. The quantitative estimate of drug-likeness (QED) is 0.597. The van der Waals surface area contributed by atoms with Crippen molar-refractivity contribution in [2.75, 3.05) is 19.0 Å². The van der Waals surface area contributed by atoms with E-state index in [0.29, 0.717) is 17.2 Å². The van der Waals surface area contributed by atoms with Crippen LogP contribution in [0.15, 0.2) is 47.0 Å². The summed E-state index contributed by atoms with van der Waals surface area (Å²) in [5, 5.41) is 7.06. The Hall–Kier alpha value is -3.28. The van der Waals surface area contributed by atoms with Crippen LogP contribution < -0.4 is 14.8 Å². The number of carbonyl (C=O) groups is 1. The fourth-order valence-corrected chi connectivity index (χ4v) is 3.79. The minimum Gasteiger partial charge on any atom is -0.495 e. The Kier molecular flexibility index (Phi) is 5.72. The molecule has 4 rings (SSSR count). The Labute approximate surface area is 182 Å². The van der Waals surface area contributed by atoms with E-state index in [4.69, 9.17) is 14.0 Å². The SMILES string of the molecule is COc1ccc(-c2onc3c2CCC3)cc1NC(=O)COc1ccc(C(C)(C)C)cc1. The molecule has 0 atom stereocenters. The van der Waals surface area contributed by atoms with Crippen molar-refractivity contribution < 1.29 is 18.8 Å². The van der Waals surface area contributed by atoms with Gasteiger partial charge in [-0.15, -0.1) is 0 Å². The van der Waals surface area contributed by atoms with Gasteiger partial charge in [0.05, 0.1) is 18.5 Å². The Morgan fingerprint density at radius 1 is 1.13 bits per heavy atom. The minimum absolute atomic E-state index is 0.0705. The zero-order valence-electron chi connectivity index (χ0n) is 18.5. The largest absolute Gasteiger partial charge is 0.495 e. The van der Waals surface area contributed by atoms with E-state index in [1.807, 2.05) is 42.5 Å². The third-order valence-corrected chi connectivity index (χ3v) is 5.54. The molecule has 0 bridgehead atoms. The number of nitrogens with zero attached hydrogens (tertiary/aromatic N) is 1. The van der Waals surface area contributed by atoms with Gasteiger partial charge in [0, 0.05) is 11.1 Å². The van der Waals surface area contributed by atoms with Crippen LogP contribution in [0, 0.1) is 0 Å². The molecule has 0 aliphatic heterocycles. The molecule has 0 saturated heterocycles. The smallest absolute Gasteiger partial charge is 0.262 e. The second-order valence-electron chi connectivity index (χ2n) is 8.82. The predicted octanol–water partition coefficient (Wildman–Crippen LogP) is 5.15. The molecule has 31 heavy (non-hydrogen) atoms. The van der Waals surface area contributed by atoms with Gasteiger partial charge in [0.2, 0.25) is 0 Å². The van der Waals surface area contributed by atoms with E-state index >= 15 is 0 Å². The third kappa shape index (κ3) is 4.58. The standard InChI is InChI=1S/C25H28N2O4/c1-25(2,3)17-9-11-18(12-10-17)30-15-23(28)26-21-14-16(8-13-22(21)29-4)24-19-6-5-7-20(19)27-31-24/h8-14H,5-7,15H2,1-4H3,(H,26,28). The normalized spacial score (nSPS) is 13.0. The molecule has 3 aromatic rings. The van der Waals surface area contributed by atoms with E-state index < -0.39 is 0 Å². The second-order valence-corrected chi connectivity index (χ2v) is 8.82. The zero-order chi connectivity index (χ0) is 22.0. The van der Waals surface area contributed by atoms with Gasteiger partial charge >= 0.3 is 0 Å². The van der Waals surface area contributed by atoms with Gasteiger partial charge in [-0.2, -0.15) is 0 Å². The number of benzene rings is 2. The fraction of sp³-hybridized carbons (Fsp3) is 0.360. The lowest BCUT2D eigenvalue weighted by molar-refractivity contribution is -0.118. The van der Waals surface area contributed by atoms with E-state index in [9.17, 15) is 4.79 Å². The topological polar surface area (TPSA) is 73.6 Å². The number of aromatic nitrogens is 1. The molecule has 1 aliphatic rings. The number of carbonyl (C=O) groups excluding carboxylic acids is 1. The lowest BCUT2D eigenvalue weighted by Gasteiger charge is -2.19. The molecular formula is C25H28N2O4. The van der Waals surface area contributed by atoms with Crippen LogP contribution in [0.2, 0.25) is 0 Å². The van der Waals surface area contributed by atoms with Crippen LogP contribution in [0.4, 0.5) is 5.69 Å². The van der Waals surface area contributed by atoms with Crippen molar-refractivity contribution >= 4 is 11.6 Å². The Bertz CT molecular complexity index is 1080. The number of methoxy groups -OCH3 is 1. The summed E-state index contributed by atoms with van der Waals surface area (Å²) >= 11 is 0. The Morgan fingerprint density at radius 3 is 2.61 bits per heavy atom. The summed E-state index contributed by atoms with van der Waals surface area (Å²) in [6.07, 6.45) is 3.01. The van der Waals surface area contributed by atoms with Gasteiger partial charge in [0.15, 0.2) is 12.4 Å². The molecule has 0 radical (unpaired) electrons. The molecule has 1 heterocycles. The highest BCUT2D eigenvalue weighted by Crippen LogP contribution is 2.36. The van der Waals surface area contributed by atoms with Gasteiger partial charge in [-0.3, -0.25) is 4.79 Å². The maximum Gasteiger partial charge on any atom is 0.262 e. The highest BCUT2D eigenvalue weighted by molar-refractivity contribution is 5.94. The van der Waals surface area contributed by atoms with Gasteiger partial charge in [0.1, 0.15) is 11.5 Å². The summed E-state index contributed by atoms with van der Waals surface area (Å²) in [6.45, 7) is 6.38. The van der Waals surface area contributed by atoms with Gasteiger partial charge in [-0.25, -0.2) is 0 Å². The summed E-state index contributed by atoms with van der Waals surface area (Å²) < 4.78 is 16.6. The first-order chi connectivity index (χ1) is 14.8. The summed E-state index contributed by atoms with van der Waals surface area (Å²) in [6, 6.07) is 13.4. The monoisotopic (exact) mass is 420 g/mol. The number of hydrogen-bond donors (Lipinski definition) is 1. The van der Waals surface area contributed by atoms with Crippen LogP contribution in [0.3, 0.4) is 0 Å². The number of ether oxygens (including phenoxy) is 2. The molecule has 0 spiro atoms. The van der Waals surface area contributed by atoms with Crippen LogP contribution in [0.25, 0.3) is 11.3 Å². The third-order valence-electron chi connectivity index (χ3n) is 5.54. The van der Waals surface area contributed by atoms with E-state index in [0.717, 1.165) is 41.8 Å². The van der Waals surface area contributed by atoms with Gasteiger partial charge in [-0.1, -0.05) is 38.1 Å². The van der Waals surface area contributed by atoms with Crippen LogP contribution in [0.5, 0.6) is 11.5 Å². The van der Waals surface area contributed by atoms with Crippen molar-refractivity contribution in [1.82, 2.24) is 5.16 Å². The maximum absolute atomic E-state index is 12.5. The van der Waals surface area contributed by atoms with Crippen LogP contribution in [-0.2, 0) is 23.1 Å². The highest BCUT2D eigenvalue weighted by Gasteiger charge is 2.23. The molecule has 1 aliphatic carbocycles. The number of hydrogen-bond acceptors (Lipinski definition) is 5. The number of anilines is 1. The molecule has 2 aromatic carbocycles. The molecule has 6 heteroatoms. The molecule has 0 unspecified atom stereocenters. The van der Waals surface area contributed by atoms with Gasteiger partial charge in [-0.05, 0) is 60.6 Å². The molecule has 0 fully saturated rings. The lowest BCUT2D eigenvalue weighted by Crippen LogP contribution is -2.20. The molecule has 6 nitrogen and oxygen atoms in total. The number of fused-ring (bicyclic) bond motifs is 1. The first kappa shape index (κ1) is 21.0. The second kappa shape index (κ2) is 8.46. The average molecular weight is 421 g/mol. The van der Waals surface area contributed by atoms with Gasteiger partial charge in [0.25, 0.3) is 5.91 Å². The molecular weight excluding hydrogens is 392 g/mol. The number of aryl methyl sites for hydroxylation is 1. The zero-order valence-corrected chi connectivity index (χ0v) is 18.5. The Morgan fingerprint density at radius 2 is 1.90 bits per heavy atom. The fourth-order valence-electron chi connectivity index (χ4n) is 3.79. The number of amides is 1. The van der Waals surface area contributed by atoms with E-state index in [1.165, 1.54) is 5.56 Å². The molecule has 1 N–H and O–H groups in total. The number of nitrogens with one attached hydrogen (secondary N) is 1. The Balaban J connectivity index is 1.45. The van der Waals surface area contributed by atoms with E-state index in [-0.39, 0.29) is 17.9 Å². The number of rotatable bonds is 6. The lowest BCUT2D eigenvalue weighted by atomic mass is 9.87. The van der Waals surface area contributed by atoms with E-state index in [2.05, 4.69) is 31.2 Å². The summed E-state index contributed by atoms with van der Waals surface area (Å²) in [5.41, 5.74) is 4.91. The van der Waals surface area contributed by atoms with E-state index in [1.54, 1.807) is 7.11 Å². The van der Waals surface area contributed by atoms with Gasteiger partial charge < -0.3 is 19.3 Å². The van der Waals surface area contributed by atoms with Crippen molar-refractivity contribution in [1.29, 1.82) is 0 Å². The van der Waals surface area contributed by atoms with Crippen LogP contribution in [-0.4, -0.2) is 24.8 Å². The summed E-state index contributed by atoms with van der Waals surface area (Å²) in [5.74, 6) is 1.72. The van der Waals surface area contributed by atoms with Crippen LogP contribution >= 0.6 is 0 Å². The maximum atomic E-state index is 12.5. The van der Waals surface area contributed by atoms with Crippen molar-refractivity contribution in [3.63, 3.8) is 0 Å². The average Bonchev–Trinajstić information content (AvgIpc) is 3.36. The van der Waals surface area contributed by atoms with Crippen molar-refractivity contribution in [3.05, 3.63) is 59.3 Å². The first-order valence-electron chi connectivity index (χ1n) is 10.5. The van der Waals surface area contributed by atoms with Crippen molar-refractivity contribution in [3.8, 4) is 22.8 Å². The van der Waals surface area contributed by atoms with Crippen LogP contribution in [0.1, 0.15) is 44.0 Å². The first-order valence-corrected chi connectivity index (χ1v) is 10.5.